The maximum absolute atomic E-state index is 11.2. The lowest BCUT2D eigenvalue weighted by atomic mass is 10.2. The van der Waals surface area contributed by atoms with Crippen LogP contribution in [0.25, 0.3) is 0 Å². The van der Waals surface area contributed by atoms with Crippen molar-refractivity contribution in [3.8, 4) is 5.75 Å². The van der Waals surface area contributed by atoms with Crippen LogP contribution in [0.5, 0.6) is 5.75 Å². The van der Waals surface area contributed by atoms with Gasteiger partial charge in [-0.2, -0.15) is 0 Å². The molecule has 0 bridgehead atoms. The molecule has 0 aliphatic heterocycles. The van der Waals surface area contributed by atoms with Gasteiger partial charge in [-0.05, 0) is 18.2 Å². The van der Waals surface area contributed by atoms with Crippen molar-refractivity contribution >= 4 is 12.3 Å². The first kappa shape index (κ1) is 10.2. The lowest BCUT2D eigenvalue weighted by Crippen LogP contribution is -2.17. The number of hydrogen-bond acceptors (Lipinski definition) is 3. The maximum Gasteiger partial charge on any atom is 0.251 e. The van der Waals surface area contributed by atoms with Gasteiger partial charge in [-0.1, -0.05) is 6.07 Å². The van der Waals surface area contributed by atoms with Gasteiger partial charge in [0.1, 0.15) is 5.75 Å². The highest BCUT2D eigenvalue weighted by Crippen LogP contribution is 2.12. The fraction of sp³-hybridized carbons (Fsp3) is 0.200. The Morgan fingerprint density at radius 3 is 3.00 bits per heavy atom. The van der Waals surface area contributed by atoms with E-state index in [1.54, 1.807) is 38.4 Å². The number of rotatable bonds is 3. The van der Waals surface area contributed by atoms with E-state index >= 15 is 0 Å². The van der Waals surface area contributed by atoms with Gasteiger partial charge in [-0.25, -0.2) is 0 Å². The summed E-state index contributed by atoms with van der Waals surface area (Å²) in [5.74, 6) is 0.459. The van der Waals surface area contributed by atoms with Gasteiger partial charge in [0.25, 0.3) is 5.91 Å². The highest BCUT2D eigenvalue weighted by Gasteiger charge is 2.03. The van der Waals surface area contributed by atoms with Crippen molar-refractivity contribution < 1.29 is 9.53 Å². The lowest BCUT2D eigenvalue weighted by molar-refractivity contribution is 0.0963. The number of ether oxygens (including phenoxy) is 1. The van der Waals surface area contributed by atoms with Crippen LogP contribution in [0.4, 0.5) is 0 Å². The van der Waals surface area contributed by atoms with Crippen LogP contribution in [0.15, 0.2) is 29.3 Å². The van der Waals surface area contributed by atoms with Gasteiger partial charge < -0.3 is 10.1 Å². The van der Waals surface area contributed by atoms with Gasteiger partial charge >= 0.3 is 0 Å². The molecular formula is C10H12N2O2. The summed E-state index contributed by atoms with van der Waals surface area (Å²) >= 11 is 0. The van der Waals surface area contributed by atoms with Crippen molar-refractivity contribution in [1.82, 2.24) is 5.32 Å². The number of nitrogens with one attached hydrogen (secondary N) is 1. The summed E-state index contributed by atoms with van der Waals surface area (Å²) in [5.41, 5.74) is 0.564. The lowest BCUT2D eigenvalue weighted by Gasteiger charge is -2.02. The second-order valence-electron chi connectivity index (χ2n) is 2.59. The Balaban J connectivity index is 2.83. The third-order valence-electron chi connectivity index (χ3n) is 1.62. The number of benzene rings is 1. The fourth-order valence-corrected chi connectivity index (χ4v) is 0.969. The molecule has 0 unspecified atom stereocenters. The van der Waals surface area contributed by atoms with Gasteiger partial charge in [0.15, 0.2) is 6.40 Å². The zero-order valence-electron chi connectivity index (χ0n) is 8.15. The normalized spacial score (nSPS) is 10.1. The van der Waals surface area contributed by atoms with Gasteiger partial charge in [0.05, 0.1) is 0 Å². The highest BCUT2D eigenvalue weighted by molar-refractivity contribution is 5.94. The summed E-state index contributed by atoms with van der Waals surface area (Å²) in [4.78, 5) is 14.9. The number of hydrogen-bond donors (Lipinski definition) is 1. The van der Waals surface area contributed by atoms with Crippen molar-refractivity contribution in [2.45, 2.75) is 0 Å². The van der Waals surface area contributed by atoms with Gasteiger partial charge in [0, 0.05) is 19.7 Å². The van der Waals surface area contributed by atoms with Crippen LogP contribution in [-0.4, -0.2) is 26.4 Å². The molecule has 0 heterocycles. The molecule has 1 aromatic rings. The molecule has 0 saturated carbocycles. The van der Waals surface area contributed by atoms with Gasteiger partial charge in [0.2, 0.25) is 0 Å². The molecule has 0 aliphatic carbocycles. The SMILES string of the molecule is CN=COc1cccc(C(=O)NC)c1. The molecule has 14 heavy (non-hydrogen) atoms. The molecule has 0 saturated heterocycles. The summed E-state index contributed by atoms with van der Waals surface area (Å²) < 4.78 is 5.12. The molecule has 74 valence electrons. The smallest absolute Gasteiger partial charge is 0.251 e. The highest BCUT2D eigenvalue weighted by atomic mass is 16.5. The van der Waals surface area contributed by atoms with Crippen LogP contribution in [0.2, 0.25) is 0 Å². The molecule has 1 amide bonds. The number of carbonyl (C=O) groups excluding carboxylic acids is 1. The Morgan fingerprint density at radius 1 is 1.57 bits per heavy atom. The van der Waals surface area contributed by atoms with E-state index in [1.165, 1.54) is 6.40 Å². The third-order valence-corrected chi connectivity index (χ3v) is 1.62. The predicted molar refractivity (Wildman–Crippen MR) is 54.9 cm³/mol. The monoisotopic (exact) mass is 192 g/mol. The molecule has 1 aromatic carbocycles. The van der Waals surface area contributed by atoms with E-state index < -0.39 is 0 Å². The molecule has 0 fully saturated rings. The molecule has 0 aromatic heterocycles. The minimum absolute atomic E-state index is 0.135. The Bertz CT molecular complexity index is 348. The minimum Gasteiger partial charge on any atom is -0.446 e. The van der Waals surface area contributed by atoms with Crippen molar-refractivity contribution in [1.29, 1.82) is 0 Å². The van der Waals surface area contributed by atoms with Crippen LogP contribution in [0.1, 0.15) is 10.4 Å². The molecule has 1 N–H and O–H groups in total. The van der Waals surface area contributed by atoms with Crippen LogP contribution < -0.4 is 10.1 Å². The second-order valence-corrected chi connectivity index (χ2v) is 2.59. The number of aliphatic imine (C=N–C) groups is 1. The molecule has 0 aliphatic rings. The van der Waals surface area contributed by atoms with Crippen molar-refractivity contribution in [2.24, 2.45) is 4.99 Å². The van der Waals surface area contributed by atoms with Crippen molar-refractivity contribution in [3.05, 3.63) is 29.8 Å². The Hall–Kier alpha value is -1.84. The van der Waals surface area contributed by atoms with E-state index in [2.05, 4.69) is 10.3 Å². The largest absolute Gasteiger partial charge is 0.446 e. The van der Waals surface area contributed by atoms with E-state index in [-0.39, 0.29) is 5.91 Å². The molecule has 0 atom stereocenters. The Labute approximate surface area is 82.6 Å². The standard InChI is InChI=1S/C10H12N2O2/c1-11-7-14-9-5-3-4-8(6-9)10(13)12-2/h3-7H,1-2H3,(H,12,13). The van der Waals surface area contributed by atoms with Crippen molar-refractivity contribution in [3.63, 3.8) is 0 Å². The Kier molecular flexibility index (Phi) is 3.67. The van der Waals surface area contributed by atoms with Crippen LogP contribution in [0.3, 0.4) is 0 Å². The summed E-state index contributed by atoms with van der Waals surface area (Å²) in [6, 6.07) is 6.88. The first-order valence-electron chi connectivity index (χ1n) is 4.17. The predicted octanol–water partition coefficient (Wildman–Crippen LogP) is 1.08. The van der Waals surface area contributed by atoms with Crippen molar-refractivity contribution in [2.75, 3.05) is 14.1 Å². The summed E-state index contributed by atoms with van der Waals surface area (Å²) in [6.45, 7) is 0. The quantitative estimate of drug-likeness (QED) is 0.575. The Morgan fingerprint density at radius 2 is 2.36 bits per heavy atom. The average molecular weight is 192 g/mol. The number of nitrogens with zero attached hydrogens (tertiary/aromatic N) is 1. The number of amides is 1. The topological polar surface area (TPSA) is 50.7 Å². The number of carbonyl (C=O) groups is 1. The fourth-order valence-electron chi connectivity index (χ4n) is 0.969. The molecule has 4 heteroatoms. The summed E-state index contributed by atoms with van der Waals surface area (Å²) in [6.07, 6.45) is 1.32. The zero-order valence-corrected chi connectivity index (χ0v) is 8.15. The molecule has 1 rings (SSSR count). The van der Waals surface area contributed by atoms with E-state index in [1.807, 2.05) is 0 Å². The maximum atomic E-state index is 11.2. The first-order valence-corrected chi connectivity index (χ1v) is 4.17. The van der Waals surface area contributed by atoms with E-state index in [4.69, 9.17) is 4.74 Å². The second kappa shape index (κ2) is 5.01. The summed E-state index contributed by atoms with van der Waals surface area (Å²) in [7, 11) is 3.20. The van der Waals surface area contributed by atoms with Crippen LogP contribution in [-0.2, 0) is 0 Å². The van der Waals surface area contributed by atoms with Gasteiger partial charge in [-0.3, -0.25) is 9.79 Å². The zero-order chi connectivity index (χ0) is 10.4. The first-order chi connectivity index (χ1) is 6.77. The van der Waals surface area contributed by atoms with E-state index in [0.29, 0.717) is 11.3 Å². The van der Waals surface area contributed by atoms with Crippen LogP contribution >= 0.6 is 0 Å². The van der Waals surface area contributed by atoms with E-state index in [9.17, 15) is 4.79 Å². The molecule has 0 radical (unpaired) electrons. The average Bonchev–Trinajstić information content (AvgIpc) is 2.25. The molecule has 4 nitrogen and oxygen atoms in total. The summed E-state index contributed by atoms with van der Waals surface area (Å²) in [5, 5.41) is 2.54. The molecule has 0 spiro atoms. The third kappa shape index (κ3) is 2.58. The molecular weight excluding hydrogens is 180 g/mol. The minimum atomic E-state index is -0.135. The van der Waals surface area contributed by atoms with E-state index in [0.717, 1.165) is 0 Å². The van der Waals surface area contributed by atoms with Gasteiger partial charge in [-0.15, -0.1) is 0 Å². The van der Waals surface area contributed by atoms with Crippen LogP contribution in [0, 0.1) is 0 Å².